The molecule has 0 radical (unpaired) electrons. The summed E-state index contributed by atoms with van der Waals surface area (Å²) in [6.45, 7) is 4.10. The predicted molar refractivity (Wildman–Crippen MR) is 102 cm³/mol. The Balaban J connectivity index is 1.70. The van der Waals surface area contributed by atoms with Crippen LogP contribution >= 0.6 is 11.3 Å². The maximum Gasteiger partial charge on any atom is 0.187 e. The fourth-order valence-corrected chi connectivity index (χ4v) is 3.61. The molecule has 1 aromatic carbocycles. The van der Waals surface area contributed by atoms with Crippen molar-refractivity contribution in [2.45, 2.75) is 13.8 Å². The minimum Gasteiger partial charge on any atom is -0.497 e. The van der Waals surface area contributed by atoms with E-state index in [-0.39, 0.29) is 0 Å². The molecule has 3 aromatic heterocycles. The van der Waals surface area contributed by atoms with Gasteiger partial charge in [0.15, 0.2) is 5.13 Å². The van der Waals surface area contributed by atoms with Crippen molar-refractivity contribution < 1.29 is 4.74 Å². The number of hydrogen-bond donors (Lipinski definition) is 1. The van der Waals surface area contributed by atoms with E-state index in [0.717, 1.165) is 44.9 Å². The highest BCUT2D eigenvalue weighted by atomic mass is 32.1. The fourth-order valence-electron chi connectivity index (χ4n) is 2.89. The lowest BCUT2D eigenvalue weighted by Crippen LogP contribution is -1.93. The van der Waals surface area contributed by atoms with E-state index in [1.165, 1.54) is 0 Å². The number of nitrogens with one attached hydrogen (secondary N) is 1. The van der Waals surface area contributed by atoms with Crippen molar-refractivity contribution in [3.8, 4) is 17.1 Å². The molecule has 0 aliphatic carbocycles. The molecule has 1 N–H and O–H groups in total. The topological polar surface area (TPSA) is 51.5 Å². The van der Waals surface area contributed by atoms with Crippen LogP contribution in [0, 0.1) is 13.8 Å². The number of ether oxygens (including phenoxy) is 1. The quantitative estimate of drug-likeness (QED) is 0.573. The third-order valence-electron chi connectivity index (χ3n) is 4.09. The third-order valence-corrected chi connectivity index (χ3v) is 4.85. The Kier molecular flexibility index (Phi) is 3.89. The number of pyridine rings is 1. The normalized spacial score (nSPS) is 11.0. The van der Waals surface area contributed by atoms with Crippen molar-refractivity contribution in [2.24, 2.45) is 0 Å². The molecule has 0 fully saturated rings. The Labute approximate surface area is 150 Å². The van der Waals surface area contributed by atoms with Crippen LogP contribution in [0.25, 0.3) is 17.0 Å². The summed E-state index contributed by atoms with van der Waals surface area (Å²) < 4.78 is 7.37. The van der Waals surface area contributed by atoms with Crippen LogP contribution in [0.3, 0.4) is 0 Å². The lowest BCUT2D eigenvalue weighted by atomic mass is 10.2. The number of rotatable bonds is 4. The molecule has 0 saturated carbocycles. The van der Waals surface area contributed by atoms with E-state index >= 15 is 0 Å². The molecular formula is C19H18N4OS. The molecule has 0 amide bonds. The molecule has 0 spiro atoms. The van der Waals surface area contributed by atoms with E-state index in [2.05, 4.69) is 28.1 Å². The van der Waals surface area contributed by atoms with Gasteiger partial charge < -0.3 is 10.1 Å². The van der Waals surface area contributed by atoms with Gasteiger partial charge in [0.2, 0.25) is 0 Å². The van der Waals surface area contributed by atoms with Gasteiger partial charge in [0.1, 0.15) is 17.1 Å². The lowest BCUT2D eigenvalue weighted by molar-refractivity contribution is 0.415. The van der Waals surface area contributed by atoms with Gasteiger partial charge >= 0.3 is 0 Å². The maximum absolute atomic E-state index is 5.26. The number of aryl methyl sites for hydroxylation is 2. The first-order valence-corrected chi connectivity index (χ1v) is 8.85. The van der Waals surface area contributed by atoms with Crippen LogP contribution in [0.4, 0.5) is 10.8 Å². The summed E-state index contributed by atoms with van der Waals surface area (Å²) in [6, 6.07) is 11.9. The highest BCUT2D eigenvalue weighted by molar-refractivity contribution is 7.14. The molecular weight excluding hydrogens is 332 g/mol. The van der Waals surface area contributed by atoms with Crippen molar-refractivity contribution in [2.75, 3.05) is 12.4 Å². The van der Waals surface area contributed by atoms with E-state index in [4.69, 9.17) is 14.7 Å². The van der Waals surface area contributed by atoms with Gasteiger partial charge in [0, 0.05) is 23.3 Å². The van der Waals surface area contributed by atoms with Crippen molar-refractivity contribution in [1.29, 1.82) is 0 Å². The molecule has 0 bridgehead atoms. The van der Waals surface area contributed by atoms with E-state index in [1.807, 2.05) is 43.5 Å². The third kappa shape index (κ3) is 2.85. The van der Waals surface area contributed by atoms with Gasteiger partial charge in [-0.15, -0.1) is 11.3 Å². The zero-order valence-electron chi connectivity index (χ0n) is 14.3. The van der Waals surface area contributed by atoms with E-state index in [9.17, 15) is 0 Å². The van der Waals surface area contributed by atoms with Gasteiger partial charge in [-0.2, -0.15) is 0 Å². The zero-order valence-corrected chi connectivity index (χ0v) is 15.1. The van der Waals surface area contributed by atoms with Crippen LogP contribution in [0.1, 0.15) is 11.3 Å². The first-order valence-electron chi connectivity index (χ1n) is 7.97. The van der Waals surface area contributed by atoms with Crippen LogP contribution in [-0.2, 0) is 0 Å². The second-order valence-corrected chi connectivity index (χ2v) is 6.68. The number of imidazole rings is 1. The number of aromatic nitrogens is 3. The van der Waals surface area contributed by atoms with E-state index in [0.29, 0.717) is 0 Å². The van der Waals surface area contributed by atoms with Gasteiger partial charge in [-0.05, 0) is 37.6 Å². The van der Waals surface area contributed by atoms with Gasteiger partial charge in [-0.25, -0.2) is 9.97 Å². The number of benzene rings is 1. The Morgan fingerprint density at radius 2 is 2.00 bits per heavy atom. The summed E-state index contributed by atoms with van der Waals surface area (Å²) in [6.07, 6.45) is 2.03. The molecule has 0 unspecified atom stereocenters. The van der Waals surface area contributed by atoms with E-state index in [1.54, 1.807) is 18.4 Å². The highest BCUT2D eigenvalue weighted by Crippen LogP contribution is 2.31. The van der Waals surface area contributed by atoms with Crippen molar-refractivity contribution in [1.82, 2.24) is 14.4 Å². The first kappa shape index (κ1) is 15.7. The molecule has 4 rings (SSSR count). The molecule has 126 valence electrons. The number of fused-ring (bicyclic) bond motifs is 1. The summed E-state index contributed by atoms with van der Waals surface area (Å²) >= 11 is 1.57. The number of nitrogens with zero attached hydrogens (tertiary/aromatic N) is 3. The minimum atomic E-state index is 0.815. The SMILES string of the molecule is COc1cccc(Nc2nc(-c3c(C)nc4c(C)cccn34)cs2)c1. The zero-order chi connectivity index (χ0) is 17.4. The maximum atomic E-state index is 5.26. The first-order chi connectivity index (χ1) is 12.2. The van der Waals surface area contributed by atoms with Crippen LogP contribution in [0.2, 0.25) is 0 Å². The molecule has 0 aliphatic heterocycles. The molecule has 0 saturated heterocycles. The van der Waals surface area contributed by atoms with Crippen LogP contribution in [0.15, 0.2) is 48.0 Å². The predicted octanol–water partition coefficient (Wildman–Crippen LogP) is 4.83. The second-order valence-electron chi connectivity index (χ2n) is 5.83. The summed E-state index contributed by atoms with van der Waals surface area (Å²) in [5.74, 6) is 0.815. The molecule has 6 heteroatoms. The van der Waals surface area contributed by atoms with Gasteiger partial charge in [-0.3, -0.25) is 4.40 Å². The van der Waals surface area contributed by atoms with Gasteiger partial charge in [-0.1, -0.05) is 12.1 Å². The second kappa shape index (κ2) is 6.22. The molecule has 25 heavy (non-hydrogen) atoms. The lowest BCUT2D eigenvalue weighted by Gasteiger charge is -2.05. The Morgan fingerprint density at radius 1 is 1.12 bits per heavy atom. The summed E-state index contributed by atoms with van der Waals surface area (Å²) in [5, 5.41) is 6.23. The van der Waals surface area contributed by atoms with Crippen LogP contribution in [0.5, 0.6) is 5.75 Å². The Bertz CT molecular complexity index is 1050. The molecule has 3 heterocycles. The van der Waals surface area contributed by atoms with Gasteiger partial charge in [0.05, 0.1) is 18.5 Å². The monoisotopic (exact) mass is 350 g/mol. The largest absolute Gasteiger partial charge is 0.497 e. The molecule has 4 aromatic rings. The molecule has 0 atom stereocenters. The highest BCUT2D eigenvalue weighted by Gasteiger charge is 2.15. The summed E-state index contributed by atoms with van der Waals surface area (Å²) in [7, 11) is 1.66. The van der Waals surface area contributed by atoms with Gasteiger partial charge in [0.25, 0.3) is 0 Å². The number of thiazole rings is 1. The average Bonchev–Trinajstić information content (AvgIpc) is 3.19. The van der Waals surface area contributed by atoms with Crippen molar-refractivity contribution >= 4 is 27.8 Å². The smallest absolute Gasteiger partial charge is 0.187 e. The Hall–Kier alpha value is -2.86. The fraction of sp³-hybridized carbons (Fsp3) is 0.158. The molecule has 0 aliphatic rings. The number of methoxy groups -OCH3 is 1. The average molecular weight is 350 g/mol. The van der Waals surface area contributed by atoms with Crippen LogP contribution in [-0.4, -0.2) is 21.5 Å². The van der Waals surface area contributed by atoms with Crippen LogP contribution < -0.4 is 10.1 Å². The Morgan fingerprint density at radius 3 is 2.84 bits per heavy atom. The number of hydrogen-bond acceptors (Lipinski definition) is 5. The minimum absolute atomic E-state index is 0.815. The molecule has 5 nitrogen and oxygen atoms in total. The summed E-state index contributed by atoms with van der Waals surface area (Å²) in [4.78, 5) is 9.45. The number of anilines is 2. The van der Waals surface area contributed by atoms with Crippen molar-refractivity contribution in [3.63, 3.8) is 0 Å². The van der Waals surface area contributed by atoms with Crippen molar-refractivity contribution in [3.05, 3.63) is 59.2 Å². The van der Waals surface area contributed by atoms with E-state index < -0.39 is 0 Å². The summed E-state index contributed by atoms with van der Waals surface area (Å²) in [5.41, 5.74) is 6.02. The standard InChI is InChI=1S/C19H18N4OS/c1-12-6-5-9-23-17(13(2)20-18(12)23)16-11-25-19(22-16)21-14-7-4-8-15(10-14)24-3/h4-11H,1-3H3,(H,21,22).